The molecule has 0 radical (unpaired) electrons. The van der Waals surface area contributed by atoms with Gasteiger partial charge in [0, 0.05) is 11.3 Å². The van der Waals surface area contributed by atoms with Crippen LogP contribution in [0.3, 0.4) is 0 Å². The molecule has 10 aromatic carbocycles. The summed E-state index contributed by atoms with van der Waals surface area (Å²) in [6.07, 6.45) is 17.7. The van der Waals surface area contributed by atoms with E-state index in [-0.39, 0.29) is 0 Å². The predicted molar refractivity (Wildman–Crippen MR) is 289 cm³/mol. The summed E-state index contributed by atoms with van der Waals surface area (Å²) < 4.78 is 0. The van der Waals surface area contributed by atoms with Crippen molar-refractivity contribution in [3.8, 4) is 44.5 Å². The van der Waals surface area contributed by atoms with Gasteiger partial charge in [0.05, 0.1) is 11.4 Å². The summed E-state index contributed by atoms with van der Waals surface area (Å²) in [5.41, 5.74) is 25.8. The molecule has 0 atom stereocenters. The van der Waals surface area contributed by atoms with Gasteiger partial charge in [-0.3, -0.25) is 0 Å². The first-order valence-corrected chi connectivity index (χ1v) is 23.7. The molecule has 67 heavy (non-hydrogen) atoms. The molecule has 2 heteroatoms. The second kappa shape index (κ2) is 17.0. The van der Waals surface area contributed by atoms with E-state index in [4.69, 9.17) is 5.73 Å². The van der Waals surface area contributed by atoms with E-state index in [9.17, 15) is 0 Å². The fourth-order valence-electron chi connectivity index (χ4n) is 10.9. The quantitative estimate of drug-likeness (QED) is 0.118. The molecule has 0 spiro atoms. The minimum Gasteiger partial charge on any atom is -0.397 e. The van der Waals surface area contributed by atoms with Crippen LogP contribution in [-0.2, 0) is 12.8 Å². The minimum atomic E-state index is 0.697. The number of aryl methyl sites for hydroxylation is 2. The van der Waals surface area contributed by atoms with Crippen LogP contribution in [0.4, 0.5) is 5.69 Å². The summed E-state index contributed by atoms with van der Waals surface area (Å²) in [6.45, 7) is 2.01. The molecule has 2 aliphatic rings. The van der Waals surface area contributed by atoms with E-state index >= 15 is 0 Å². The van der Waals surface area contributed by atoms with Crippen LogP contribution in [-0.4, -0.2) is 0 Å². The van der Waals surface area contributed by atoms with Gasteiger partial charge in [-0.15, -0.1) is 0 Å². The Kier molecular flexibility index (Phi) is 10.2. The molecular weight excluding hydrogens is 809 g/mol. The molecule has 10 aromatic rings. The zero-order valence-corrected chi connectivity index (χ0v) is 37.7. The van der Waals surface area contributed by atoms with E-state index in [2.05, 4.69) is 193 Å². The molecule has 0 aromatic heterocycles. The zero-order chi connectivity index (χ0) is 44.8. The molecule has 0 saturated carbocycles. The van der Waals surface area contributed by atoms with Crippen LogP contribution in [0.2, 0.25) is 0 Å². The van der Waals surface area contributed by atoms with Crippen LogP contribution >= 0.6 is 0 Å². The van der Waals surface area contributed by atoms with Gasteiger partial charge in [0.1, 0.15) is 0 Å². The number of allylic oxidation sites excluding steroid dienone is 4. The maximum atomic E-state index is 6.88. The van der Waals surface area contributed by atoms with Crippen molar-refractivity contribution in [2.75, 3.05) is 5.32 Å². The van der Waals surface area contributed by atoms with Crippen LogP contribution in [0.1, 0.15) is 47.6 Å². The molecule has 0 saturated heterocycles. The lowest BCUT2D eigenvalue weighted by atomic mass is 9.79. The van der Waals surface area contributed by atoms with Gasteiger partial charge in [-0.1, -0.05) is 176 Å². The van der Waals surface area contributed by atoms with Gasteiger partial charge >= 0.3 is 0 Å². The van der Waals surface area contributed by atoms with Crippen LogP contribution in [0.5, 0.6) is 0 Å². The monoisotopic (exact) mass is 858 g/mol. The van der Waals surface area contributed by atoms with E-state index in [1.165, 1.54) is 98.7 Å². The molecule has 0 aliphatic heterocycles. The average Bonchev–Trinajstić information content (AvgIpc) is 3.40. The number of para-hydroxylation sites is 1. The molecule has 0 unspecified atom stereocenters. The Morgan fingerprint density at radius 2 is 1.09 bits per heavy atom. The fraction of sp³-hybridized carbons (Fsp3) is 0.0769. The first-order chi connectivity index (χ1) is 33.1. The van der Waals surface area contributed by atoms with Crippen molar-refractivity contribution in [3.05, 3.63) is 240 Å². The van der Waals surface area contributed by atoms with Gasteiger partial charge in [0.15, 0.2) is 0 Å². The van der Waals surface area contributed by atoms with Crippen molar-refractivity contribution in [1.29, 1.82) is 0 Å². The number of hydrogen-bond donors (Lipinski definition) is 2. The Hall–Kier alpha value is -8.20. The highest BCUT2D eigenvalue weighted by molar-refractivity contribution is 6.25. The molecule has 2 aliphatic carbocycles. The topological polar surface area (TPSA) is 38.0 Å². The van der Waals surface area contributed by atoms with Crippen molar-refractivity contribution >= 4 is 66.6 Å². The highest BCUT2D eigenvalue weighted by Crippen LogP contribution is 2.50. The molecule has 2 nitrogen and oxygen atoms in total. The van der Waals surface area contributed by atoms with Crippen LogP contribution in [0, 0.1) is 0 Å². The number of benzene rings is 10. The minimum absolute atomic E-state index is 0.697. The lowest BCUT2D eigenvalue weighted by Crippen LogP contribution is -2.07. The maximum Gasteiger partial charge on any atom is 0.0627 e. The Bertz CT molecular complexity index is 3710. The highest BCUT2D eigenvalue weighted by atomic mass is 14.9. The third kappa shape index (κ3) is 7.14. The van der Waals surface area contributed by atoms with Gasteiger partial charge in [0.2, 0.25) is 0 Å². The number of rotatable bonds is 8. The van der Waals surface area contributed by atoms with E-state index < -0.39 is 0 Å². The van der Waals surface area contributed by atoms with Crippen LogP contribution in [0.25, 0.3) is 105 Å². The van der Waals surface area contributed by atoms with Crippen molar-refractivity contribution < 1.29 is 0 Å². The second-order valence-electron chi connectivity index (χ2n) is 18.0. The summed E-state index contributed by atoms with van der Waals surface area (Å²) in [5, 5.41) is 13.9. The molecule has 0 heterocycles. The first kappa shape index (κ1) is 40.3. The molecule has 0 amide bonds. The first-order valence-electron chi connectivity index (χ1n) is 23.7. The largest absolute Gasteiger partial charge is 0.397 e. The fourth-order valence-corrected chi connectivity index (χ4v) is 10.9. The van der Waals surface area contributed by atoms with Crippen molar-refractivity contribution in [3.63, 3.8) is 0 Å². The molecular formula is C65H50N2. The Balaban J connectivity index is 1.05. The van der Waals surface area contributed by atoms with Crippen LogP contribution in [0.15, 0.2) is 212 Å². The van der Waals surface area contributed by atoms with Crippen molar-refractivity contribution in [1.82, 2.24) is 0 Å². The van der Waals surface area contributed by atoms with E-state index in [1.54, 1.807) is 0 Å². The molecule has 0 bridgehead atoms. The summed E-state index contributed by atoms with van der Waals surface area (Å²) in [5.74, 6) is 0. The number of nitrogens with one attached hydrogen (secondary N) is 1. The summed E-state index contributed by atoms with van der Waals surface area (Å²) in [4.78, 5) is 0. The Morgan fingerprint density at radius 1 is 0.478 bits per heavy atom. The normalized spacial score (nSPS) is 13.6. The third-order valence-corrected chi connectivity index (χ3v) is 14.1. The Labute approximate surface area is 392 Å². The van der Waals surface area contributed by atoms with E-state index in [1.807, 2.05) is 37.3 Å². The average molecular weight is 859 g/mol. The van der Waals surface area contributed by atoms with Gasteiger partial charge in [-0.2, -0.15) is 0 Å². The van der Waals surface area contributed by atoms with Crippen molar-refractivity contribution in [2.45, 2.75) is 32.6 Å². The molecule has 0 fully saturated rings. The molecule has 12 rings (SSSR count). The van der Waals surface area contributed by atoms with Gasteiger partial charge < -0.3 is 11.1 Å². The second-order valence-corrected chi connectivity index (χ2v) is 18.0. The van der Waals surface area contributed by atoms with E-state index in [0.717, 1.165) is 53.8 Å². The smallest absolute Gasteiger partial charge is 0.0627 e. The summed E-state index contributed by atoms with van der Waals surface area (Å²) in [7, 11) is 0. The number of hydrogen-bond acceptors (Lipinski definition) is 2. The molecule has 3 N–H and O–H groups in total. The van der Waals surface area contributed by atoms with Crippen LogP contribution < -0.4 is 11.1 Å². The third-order valence-electron chi connectivity index (χ3n) is 14.1. The SMILES string of the molecule is C/C=C\C(Nc1ccccc1)=C(/N)c1cccc(-c2ccc(-c3ccc4c(-c5cc6ccccc6c6c5C=CCC6)c5ccccc5c(-c5cc6c(c7ccccc57)CCC=C6)c4c3)cc2)c1. The lowest BCUT2D eigenvalue weighted by Gasteiger charge is -2.24. The number of fused-ring (bicyclic) bond motifs is 8. The van der Waals surface area contributed by atoms with Gasteiger partial charge in [-0.25, -0.2) is 0 Å². The molecule has 320 valence electrons. The van der Waals surface area contributed by atoms with E-state index in [0.29, 0.717) is 5.70 Å². The zero-order valence-electron chi connectivity index (χ0n) is 37.7. The van der Waals surface area contributed by atoms with Gasteiger partial charge in [-0.05, 0) is 185 Å². The number of anilines is 1. The standard InChI is InChI=1S/C65H50N2/c1-2-17-62(67-49-22-4-3-5-23-49)65(66)48-21-16-20-44(38-48)42-32-34-43(35-33-42)45-36-37-58-61(39-45)64(60-41-47-19-7-9-25-51(47)53-27-11-13-29-55(53)60)57-31-15-14-30-56(57)63(58)59-40-46-18-6-8-24-50(46)52-26-10-12-28-54(52)59/h2-8,11-24,27-41,67H,9-10,25-26,66H2,1H3/b17-2-,65-62+. The highest BCUT2D eigenvalue weighted by Gasteiger charge is 2.24. The summed E-state index contributed by atoms with van der Waals surface area (Å²) >= 11 is 0. The Morgan fingerprint density at radius 3 is 1.85 bits per heavy atom. The van der Waals surface area contributed by atoms with Gasteiger partial charge in [0.25, 0.3) is 0 Å². The number of nitrogens with two attached hydrogens (primary N) is 1. The maximum absolute atomic E-state index is 6.88. The lowest BCUT2D eigenvalue weighted by molar-refractivity contribution is 0.997. The predicted octanol–water partition coefficient (Wildman–Crippen LogP) is 17.2. The van der Waals surface area contributed by atoms with Crippen molar-refractivity contribution in [2.24, 2.45) is 5.73 Å². The summed E-state index contributed by atoms with van der Waals surface area (Å²) in [6, 6.07) is 67.1.